The predicted molar refractivity (Wildman–Crippen MR) is 94.0 cm³/mol. The largest absolute Gasteiger partial charge is 0.444 e. The Balaban J connectivity index is 3.13. The number of methoxy groups -OCH3 is 1. The van der Waals surface area contributed by atoms with E-state index in [1.165, 1.54) is 0 Å². The van der Waals surface area contributed by atoms with Crippen LogP contribution in [0.4, 0.5) is 4.79 Å². The van der Waals surface area contributed by atoms with Crippen molar-refractivity contribution in [2.75, 3.05) is 73.1 Å². The highest BCUT2D eigenvalue weighted by molar-refractivity contribution is 5.67. The number of rotatable bonds is 16. The molecule has 0 atom stereocenters. The fraction of sp³-hybridized carbons (Fsp3) is 0.941. The molecule has 25 heavy (non-hydrogen) atoms. The minimum absolute atomic E-state index is 0.405. The smallest absolute Gasteiger partial charge is 0.407 e. The van der Waals surface area contributed by atoms with Gasteiger partial charge in [-0.15, -0.1) is 0 Å². The van der Waals surface area contributed by atoms with Gasteiger partial charge in [0.25, 0.3) is 0 Å². The van der Waals surface area contributed by atoms with E-state index in [0.717, 1.165) is 6.42 Å². The number of amides is 1. The fourth-order valence-electron chi connectivity index (χ4n) is 1.61. The first-order valence-electron chi connectivity index (χ1n) is 8.72. The summed E-state index contributed by atoms with van der Waals surface area (Å²) >= 11 is 0. The van der Waals surface area contributed by atoms with Crippen LogP contribution in [0.1, 0.15) is 27.2 Å². The summed E-state index contributed by atoms with van der Waals surface area (Å²) in [7, 11) is 1.68. The molecule has 0 heterocycles. The molecule has 0 aromatic rings. The Morgan fingerprint density at radius 2 is 1.24 bits per heavy atom. The third-order valence-electron chi connectivity index (χ3n) is 2.67. The van der Waals surface area contributed by atoms with E-state index in [-0.39, 0.29) is 0 Å². The van der Waals surface area contributed by atoms with E-state index in [1.807, 2.05) is 20.8 Å². The maximum atomic E-state index is 11.4. The first kappa shape index (κ1) is 24.1. The first-order valence-corrected chi connectivity index (χ1v) is 8.72. The maximum absolute atomic E-state index is 11.4. The monoisotopic (exact) mass is 365 g/mol. The van der Waals surface area contributed by atoms with Crippen LogP contribution in [0.2, 0.25) is 0 Å². The molecule has 0 aliphatic rings. The lowest BCUT2D eigenvalue weighted by molar-refractivity contribution is -0.00341. The summed E-state index contributed by atoms with van der Waals surface area (Å²) in [5.41, 5.74) is -0.489. The van der Waals surface area contributed by atoms with E-state index in [4.69, 9.17) is 28.4 Å². The van der Waals surface area contributed by atoms with Crippen molar-refractivity contribution in [1.29, 1.82) is 0 Å². The Kier molecular flexibility index (Phi) is 15.9. The van der Waals surface area contributed by atoms with Crippen LogP contribution in [0.15, 0.2) is 0 Å². The quantitative estimate of drug-likeness (QED) is 0.416. The van der Waals surface area contributed by atoms with Gasteiger partial charge in [0.2, 0.25) is 0 Å². The van der Waals surface area contributed by atoms with E-state index in [0.29, 0.717) is 66.0 Å². The predicted octanol–water partition coefficient (Wildman–Crippen LogP) is 1.61. The zero-order valence-corrected chi connectivity index (χ0v) is 16.1. The molecule has 0 rings (SSSR count). The molecular weight excluding hydrogens is 330 g/mol. The topological polar surface area (TPSA) is 84.5 Å². The van der Waals surface area contributed by atoms with Gasteiger partial charge in [0.1, 0.15) is 5.60 Å². The van der Waals surface area contributed by atoms with Gasteiger partial charge in [-0.05, 0) is 27.2 Å². The second-order valence-electron chi connectivity index (χ2n) is 6.22. The normalized spacial score (nSPS) is 11.5. The minimum Gasteiger partial charge on any atom is -0.444 e. The van der Waals surface area contributed by atoms with Crippen LogP contribution in [-0.2, 0) is 28.4 Å². The van der Waals surface area contributed by atoms with Crippen LogP contribution in [0.5, 0.6) is 0 Å². The van der Waals surface area contributed by atoms with Gasteiger partial charge in [-0.2, -0.15) is 0 Å². The van der Waals surface area contributed by atoms with E-state index in [9.17, 15) is 4.79 Å². The number of hydrogen-bond donors (Lipinski definition) is 1. The molecule has 0 aromatic carbocycles. The molecule has 8 heteroatoms. The van der Waals surface area contributed by atoms with Gasteiger partial charge < -0.3 is 33.7 Å². The van der Waals surface area contributed by atoms with Crippen molar-refractivity contribution in [2.24, 2.45) is 0 Å². The fourth-order valence-corrected chi connectivity index (χ4v) is 1.61. The highest BCUT2D eigenvalue weighted by atomic mass is 16.6. The summed E-state index contributed by atoms with van der Waals surface area (Å²) < 4.78 is 31.5. The summed E-state index contributed by atoms with van der Waals surface area (Å²) in [6, 6.07) is 0. The average molecular weight is 365 g/mol. The molecule has 0 aliphatic heterocycles. The third-order valence-corrected chi connectivity index (χ3v) is 2.67. The van der Waals surface area contributed by atoms with Gasteiger partial charge in [-0.25, -0.2) is 4.79 Å². The Morgan fingerprint density at radius 3 is 1.72 bits per heavy atom. The summed E-state index contributed by atoms with van der Waals surface area (Å²) in [5, 5.41) is 2.62. The SMILES string of the molecule is COCCCOCCOCCOCCOCCNC(=O)OC(C)(C)C. The van der Waals surface area contributed by atoms with Crippen LogP contribution in [-0.4, -0.2) is 84.8 Å². The van der Waals surface area contributed by atoms with Crippen molar-refractivity contribution in [3.05, 3.63) is 0 Å². The Bertz CT molecular complexity index is 308. The first-order chi connectivity index (χ1) is 12.0. The van der Waals surface area contributed by atoms with Gasteiger partial charge in [-0.3, -0.25) is 0 Å². The van der Waals surface area contributed by atoms with E-state index in [1.54, 1.807) is 7.11 Å². The number of ether oxygens (including phenoxy) is 6. The molecule has 150 valence electrons. The zero-order valence-electron chi connectivity index (χ0n) is 16.1. The van der Waals surface area contributed by atoms with Crippen LogP contribution in [0.25, 0.3) is 0 Å². The van der Waals surface area contributed by atoms with Crippen molar-refractivity contribution in [3.8, 4) is 0 Å². The maximum Gasteiger partial charge on any atom is 0.407 e. The van der Waals surface area contributed by atoms with Crippen molar-refractivity contribution < 1.29 is 33.2 Å². The van der Waals surface area contributed by atoms with Gasteiger partial charge in [0.15, 0.2) is 0 Å². The van der Waals surface area contributed by atoms with E-state index < -0.39 is 11.7 Å². The lowest BCUT2D eigenvalue weighted by Gasteiger charge is -2.19. The van der Waals surface area contributed by atoms with Crippen molar-refractivity contribution in [1.82, 2.24) is 5.32 Å². The van der Waals surface area contributed by atoms with Crippen molar-refractivity contribution in [2.45, 2.75) is 32.8 Å². The molecule has 0 fully saturated rings. The molecule has 1 amide bonds. The number of hydrogen-bond acceptors (Lipinski definition) is 7. The molecule has 0 spiro atoms. The van der Waals surface area contributed by atoms with E-state index >= 15 is 0 Å². The molecule has 0 saturated carbocycles. The summed E-state index contributed by atoms with van der Waals surface area (Å²) in [6.45, 7) is 10.8. The third kappa shape index (κ3) is 21.0. The van der Waals surface area contributed by atoms with Gasteiger partial charge >= 0.3 is 6.09 Å². The molecule has 0 unspecified atom stereocenters. The molecule has 0 aliphatic carbocycles. The van der Waals surface area contributed by atoms with Crippen LogP contribution in [0, 0.1) is 0 Å². The Labute approximate surface area is 151 Å². The highest BCUT2D eigenvalue weighted by Gasteiger charge is 2.15. The minimum atomic E-state index is -0.489. The molecule has 0 saturated heterocycles. The van der Waals surface area contributed by atoms with Crippen molar-refractivity contribution >= 4 is 6.09 Å². The standard InChI is InChI=1S/C17H35NO7/c1-17(2,3)25-16(19)18-6-9-22-11-13-24-15-14-23-12-10-21-8-5-7-20-4/h5-15H2,1-4H3,(H,18,19). The Hall–Kier alpha value is -0.930. The summed E-state index contributed by atoms with van der Waals surface area (Å²) in [4.78, 5) is 11.4. The summed E-state index contributed by atoms with van der Waals surface area (Å²) in [6.07, 6.45) is 0.458. The van der Waals surface area contributed by atoms with Crippen LogP contribution in [0.3, 0.4) is 0 Å². The lowest BCUT2D eigenvalue weighted by Crippen LogP contribution is -2.34. The number of alkyl carbamates (subject to hydrolysis) is 1. The average Bonchev–Trinajstić information content (AvgIpc) is 2.53. The molecule has 1 N–H and O–H groups in total. The molecule has 8 nitrogen and oxygen atoms in total. The van der Waals surface area contributed by atoms with Gasteiger partial charge in [0.05, 0.1) is 46.2 Å². The van der Waals surface area contributed by atoms with E-state index in [2.05, 4.69) is 5.32 Å². The van der Waals surface area contributed by atoms with Crippen LogP contribution >= 0.6 is 0 Å². The number of carbonyl (C=O) groups is 1. The molecule has 0 bridgehead atoms. The second kappa shape index (κ2) is 16.5. The van der Waals surface area contributed by atoms with Crippen LogP contribution < -0.4 is 5.32 Å². The Morgan fingerprint density at radius 1 is 0.760 bits per heavy atom. The lowest BCUT2D eigenvalue weighted by atomic mass is 10.2. The molecule has 0 aromatic heterocycles. The van der Waals surface area contributed by atoms with Crippen molar-refractivity contribution in [3.63, 3.8) is 0 Å². The van der Waals surface area contributed by atoms with Gasteiger partial charge in [0, 0.05) is 26.9 Å². The van der Waals surface area contributed by atoms with Gasteiger partial charge in [-0.1, -0.05) is 0 Å². The summed E-state index contributed by atoms with van der Waals surface area (Å²) in [5.74, 6) is 0. The highest BCUT2D eigenvalue weighted by Crippen LogP contribution is 2.05. The number of carbonyl (C=O) groups excluding carboxylic acids is 1. The number of nitrogens with one attached hydrogen (secondary N) is 1. The zero-order chi connectivity index (χ0) is 18.8. The molecular formula is C17H35NO7. The second-order valence-corrected chi connectivity index (χ2v) is 6.22. The molecule has 0 radical (unpaired) electrons.